The summed E-state index contributed by atoms with van der Waals surface area (Å²) in [6.07, 6.45) is 0. The zero-order valence-electron chi connectivity index (χ0n) is 9.34. The first-order valence-corrected chi connectivity index (χ1v) is 5.19. The highest BCUT2D eigenvalue weighted by atomic mass is 35.5. The molecule has 0 aliphatic heterocycles. The van der Waals surface area contributed by atoms with E-state index in [1.807, 2.05) is 0 Å². The lowest BCUT2D eigenvalue weighted by molar-refractivity contribution is 0.331. The van der Waals surface area contributed by atoms with Gasteiger partial charge in [0, 0.05) is 6.54 Å². The molecule has 0 radical (unpaired) electrons. The summed E-state index contributed by atoms with van der Waals surface area (Å²) in [6.45, 7) is 2.44. The van der Waals surface area contributed by atoms with Gasteiger partial charge in [0.25, 0.3) is 0 Å². The fourth-order valence-electron chi connectivity index (χ4n) is 1.21. The Labute approximate surface area is 100 Å². The van der Waals surface area contributed by atoms with Gasteiger partial charge in [0.15, 0.2) is 11.5 Å². The molecule has 0 bridgehead atoms. The number of methoxy groups -OCH3 is 1. The van der Waals surface area contributed by atoms with Crippen LogP contribution in [0.5, 0.6) is 11.5 Å². The van der Waals surface area contributed by atoms with Crippen molar-refractivity contribution in [3.8, 4) is 23.3 Å². The third-order valence-electron chi connectivity index (χ3n) is 1.99. The maximum Gasteiger partial charge on any atom is 0.181 e. The van der Waals surface area contributed by atoms with Crippen molar-refractivity contribution in [1.29, 1.82) is 0 Å². The van der Waals surface area contributed by atoms with Crippen molar-refractivity contribution >= 4 is 11.6 Å². The number of ether oxygens (including phenoxy) is 2. The van der Waals surface area contributed by atoms with E-state index in [9.17, 15) is 0 Å². The Hall–Kier alpha value is -1.37. The van der Waals surface area contributed by atoms with Crippen molar-refractivity contribution in [3.05, 3.63) is 22.7 Å². The molecule has 1 aromatic rings. The minimum Gasteiger partial charge on any atom is -0.493 e. The summed E-state index contributed by atoms with van der Waals surface area (Å²) in [6, 6.07) is 3.57. The average Bonchev–Trinajstić information content (AvgIpc) is 2.30. The van der Waals surface area contributed by atoms with Gasteiger partial charge in [0.2, 0.25) is 0 Å². The first-order chi connectivity index (χ1) is 7.72. The van der Waals surface area contributed by atoms with Crippen molar-refractivity contribution in [3.63, 3.8) is 0 Å². The van der Waals surface area contributed by atoms with Gasteiger partial charge in [0.1, 0.15) is 6.61 Å². The predicted octanol–water partition coefficient (Wildman–Crippen LogP) is 2.21. The molecule has 0 unspecified atom stereocenters. The molecule has 0 aliphatic carbocycles. The molecule has 0 atom stereocenters. The van der Waals surface area contributed by atoms with E-state index in [1.54, 1.807) is 26.2 Å². The van der Waals surface area contributed by atoms with E-state index in [1.165, 1.54) is 0 Å². The Morgan fingerprint density at radius 3 is 2.75 bits per heavy atom. The first kappa shape index (κ1) is 12.7. The molecule has 0 saturated carbocycles. The van der Waals surface area contributed by atoms with Crippen molar-refractivity contribution in [2.75, 3.05) is 13.7 Å². The van der Waals surface area contributed by atoms with Crippen LogP contribution >= 0.6 is 11.6 Å². The summed E-state index contributed by atoms with van der Waals surface area (Å²) in [5, 5.41) is 0.484. The number of halogens is 1. The van der Waals surface area contributed by atoms with Crippen LogP contribution in [0.25, 0.3) is 0 Å². The largest absolute Gasteiger partial charge is 0.493 e. The Morgan fingerprint density at radius 2 is 2.19 bits per heavy atom. The van der Waals surface area contributed by atoms with Crippen LogP contribution in [-0.2, 0) is 6.54 Å². The maximum absolute atomic E-state index is 6.06. The molecule has 0 saturated heterocycles. The second-order valence-corrected chi connectivity index (χ2v) is 3.44. The molecule has 0 spiro atoms. The van der Waals surface area contributed by atoms with Crippen molar-refractivity contribution < 1.29 is 9.47 Å². The van der Waals surface area contributed by atoms with Crippen LogP contribution in [0.4, 0.5) is 0 Å². The molecule has 1 rings (SSSR count). The van der Waals surface area contributed by atoms with E-state index in [0.717, 1.165) is 5.56 Å². The molecule has 16 heavy (non-hydrogen) atoms. The SMILES string of the molecule is CC#CCOc1c(Cl)cc(CN)cc1OC. The van der Waals surface area contributed by atoms with Crippen molar-refractivity contribution in [2.45, 2.75) is 13.5 Å². The van der Waals surface area contributed by atoms with Gasteiger partial charge in [-0.15, -0.1) is 5.92 Å². The molecule has 3 nitrogen and oxygen atoms in total. The van der Waals surface area contributed by atoms with Crippen LogP contribution in [0.3, 0.4) is 0 Å². The average molecular weight is 240 g/mol. The number of nitrogens with two attached hydrogens (primary N) is 1. The number of benzene rings is 1. The molecule has 1 aromatic carbocycles. The summed E-state index contributed by atoms with van der Waals surface area (Å²) >= 11 is 6.06. The first-order valence-electron chi connectivity index (χ1n) is 4.81. The minimum atomic E-state index is 0.286. The minimum absolute atomic E-state index is 0.286. The van der Waals surface area contributed by atoms with Crippen LogP contribution in [0, 0.1) is 11.8 Å². The zero-order valence-corrected chi connectivity index (χ0v) is 10.1. The number of hydrogen-bond donors (Lipinski definition) is 1. The zero-order chi connectivity index (χ0) is 12.0. The van der Waals surface area contributed by atoms with Gasteiger partial charge in [0.05, 0.1) is 12.1 Å². The lowest BCUT2D eigenvalue weighted by Crippen LogP contribution is -2.01. The Kier molecular flexibility index (Phi) is 4.97. The summed E-state index contributed by atoms with van der Waals surface area (Å²) in [7, 11) is 1.56. The second-order valence-electron chi connectivity index (χ2n) is 3.03. The van der Waals surface area contributed by atoms with E-state index in [0.29, 0.717) is 23.1 Å². The van der Waals surface area contributed by atoms with Crippen molar-refractivity contribution in [1.82, 2.24) is 0 Å². The molecule has 0 heterocycles. The summed E-state index contributed by atoms with van der Waals surface area (Å²) in [5.41, 5.74) is 6.44. The van der Waals surface area contributed by atoms with Gasteiger partial charge in [-0.2, -0.15) is 0 Å². The fourth-order valence-corrected chi connectivity index (χ4v) is 1.50. The quantitative estimate of drug-likeness (QED) is 0.820. The van der Waals surface area contributed by atoms with E-state index in [2.05, 4.69) is 11.8 Å². The fraction of sp³-hybridized carbons (Fsp3) is 0.333. The highest BCUT2D eigenvalue weighted by Crippen LogP contribution is 2.36. The molecule has 0 fully saturated rings. The Morgan fingerprint density at radius 1 is 1.44 bits per heavy atom. The van der Waals surface area contributed by atoms with Crippen LogP contribution in [0.1, 0.15) is 12.5 Å². The lowest BCUT2D eigenvalue weighted by Gasteiger charge is -2.12. The molecule has 0 aromatic heterocycles. The van der Waals surface area contributed by atoms with Crippen molar-refractivity contribution in [2.24, 2.45) is 5.73 Å². The predicted molar refractivity (Wildman–Crippen MR) is 64.8 cm³/mol. The van der Waals surface area contributed by atoms with Gasteiger partial charge in [-0.1, -0.05) is 17.5 Å². The molecule has 0 aliphatic rings. The van der Waals surface area contributed by atoms with Crippen LogP contribution in [-0.4, -0.2) is 13.7 Å². The van der Waals surface area contributed by atoms with E-state index in [-0.39, 0.29) is 6.61 Å². The lowest BCUT2D eigenvalue weighted by atomic mass is 10.2. The topological polar surface area (TPSA) is 44.5 Å². The third kappa shape index (κ3) is 3.06. The van der Waals surface area contributed by atoms with Gasteiger partial charge < -0.3 is 15.2 Å². The summed E-state index contributed by atoms with van der Waals surface area (Å²) in [4.78, 5) is 0. The third-order valence-corrected chi connectivity index (χ3v) is 2.27. The molecule has 0 amide bonds. The highest BCUT2D eigenvalue weighted by Gasteiger charge is 2.10. The van der Waals surface area contributed by atoms with Crippen LogP contribution in [0.2, 0.25) is 5.02 Å². The summed E-state index contributed by atoms with van der Waals surface area (Å²) in [5.74, 6) is 6.61. The van der Waals surface area contributed by atoms with E-state index in [4.69, 9.17) is 26.8 Å². The van der Waals surface area contributed by atoms with Crippen LogP contribution in [0.15, 0.2) is 12.1 Å². The second kappa shape index (κ2) is 6.26. The van der Waals surface area contributed by atoms with Gasteiger partial charge >= 0.3 is 0 Å². The van der Waals surface area contributed by atoms with Gasteiger partial charge in [-0.25, -0.2) is 0 Å². The van der Waals surface area contributed by atoms with E-state index >= 15 is 0 Å². The number of hydrogen-bond acceptors (Lipinski definition) is 3. The Balaban J connectivity index is 2.99. The van der Waals surface area contributed by atoms with Gasteiger partial charge in [-0.3, -0.25) is 0 Å². The molecular formula is C12H14ClNO2. The highest BCUT2D eigenvalue weighted by molar-refractivity contribution is 6.32. The normalized spacial score (nSPS) is 9.25. The molecule has 86 valence electrons. The van der Waals surface area contributed by atoms with Crippen LogP contribution < -0.4 is 15.2 Å². The monoisotopic (exact) mass is 239 g/mol. The van der Waals surface area contributed by atoms with Gasteiger partial charge in [-0.05, 0) is 24.6 Å². The Bertz CT molecular complexity index is 421. The smallest absolute Gasteiger partial charge is 0.181 e. The van der Waals surface area contributed by atoms with E-state index < -0.39 is 0 Å². The number of rotatable bonds is 4. The maximum atomic E-state index is 6.06. The standard InChI is InChI=1S/C12H14ClNO2/c1-3-4-5-16-12-10(13)6-9(8-14)7-11(12)15-2/h6-7H,5,8,14H2,1-2H3. The molecular weight excluding hydrogens is 226 g/mol. The molecule has 2 N–H and O–H groups in total. The summed E-state index contributed by atoms with van der Waals surface area (Å²) < 4.78 is 10.6. The molecule has 4 heteroatoms.